The molecule has 0 fully saturated rings. The van der Waals surface area contributed by atoms with Gasteiger partial charge in [-0.15, -0.1) is 0 Å². The van der Waals surface area contributed by atoms with Crippen molar-refractivity contribution in [2.24, 2.45) is 10.8 Å². The fraction of sp³-hybridized carbons (Fsp3) is 0.432. The number of carbonyl (C=O) groups excluding carboxylic acids is 1. The Balaban J connectivity index is 0.000000382. The summed E-state index contributed by atoms with van der Waals surface area (Å²) in [4.78, 5) is 17.3. The summed E-state index contributed by atoms with van der Waals surface area (Å²) < 4.78 is 6.29. The number of hydrogen-bond donors (Lipinski definition) is 1. The number of allylic oxidation sites excluding steroid dienone is 2. The Morgan fingerprint density at radius 3 is 1.98 bits per heavy atom. The first-order valence-electron chi connectivity index (χ1n) is 17.5. The average molecular weight is 841 g/mol. The van der Waals surface area contributed by atoms with E-state index in [4.69, 9.17) is 9.40 Å². The monoisotopic (exact) mass is 841 g/mol. The molecule has 5 aromatic rings. The van der Waals surface area contributed by atoms with E-state index in [0.29, 0.717) is 0 Å². The first kappa shape index (κ1) is 41.9. The van der Waals surface area contributed by atoms with Crippen molar-refractivity contribution in [1.29, 1.82) is 0 Å². The van der Waals surface area contributed by atoms with Crippen molar-refractivity contribution in [3.63, 3.8) is 0 Å². The van der Waals surface area contributed by atoms with Crippen molar-refractivity contribution in [2.45, 2.75) is 114 Å². The summed E-state index contributed by atoms with van der Waals surface area (Å²) >= 11 is 0. The van der Waals surface area contributed by atoms with E-state index in [2.05, 4.69) is 95.3 Å². The maximum absolute atomic E-state index is 12.2. The van der Waals surface area contributed by atoms with Gasteiger partial charge in [-0.1, -0.05) is 105 Å². The van der Waals surface area contributed by atoms with Gasteiger partial charge >= 0.3 is 0 Å². The molecule has 0 saturated carbocycles. The number of aromatic nitrogens is 1. The molecule has 2 aromatic heterocycles. The molecule has 267 valence electrons. The van der Waals surface area contributed by atoms with Crippen molar-refractivity contribution < 1.29 is 34.4 Å². The molecule has 4 nitrogen and oxygen atoms in total. The molecule has 0 aliphatic rings. The van der Waals surface area contributed by atoms with Gasteiger partial charge in [0.05, 0.1) is 11.2 Å². The Kier molecular flexibility index (Phi) is 14.2. The Hall–Kier alpha value is -3.27. The van der Waals surface area contributed by atoms with Gasteiger partial charge in [0.2, 0.25) is 0 Å². The van der Waals surface area contributed by atoms with Crippen LogP contribution in [0.4, 0.5) is 0 Å². The van der Waals surface area contributed by atoms with Crippen LogP contribution in [0.5, 0.6) is 0 Å². The largest absolute Gasteiger partial charge is 0.512 e. The predicted molar refractivity (Wildman–Crippen MR) is 207 cm³/mol. The molecule has 2 heterocycles. The number of carbonyl (C=O) groups is 1. The van der Waals surface area contributed by atoms with Gasteiger partial charge in [-0.05, 0) is 84.7 Å². The van der Waals surface area contributed by atoms with Crippen LogP contribution in [0, 0.1) is 25.2 Å². The molecule has 0 spiro atoms. The van der Waals surface area contributed by atoms with Gasteiger partial charge in [0.1, 0.15) is 17.1 Å². The Labute approximate surface area is 309 Å². The summed E-state index contributed by atoms with van der Waals surface area (Å²) in [7, 11) is 0. The Morgan fingerprint density at radius 1 is 0.796 bits per heavy atom. The molecule has 0 aliphatic heterocycles. The van der Waals surface area contributed by atoms with Crippen molar-refractivity contribution >= 4 is 38.4 Å². The molecule has 49 heavy (non-hydrogen) atoms. The predicted octanol–water partition coefficient (Wildman–Crippen LogP) is 13.1. The molecule has 0 unspecified atom stereocenters. The van der Waals surface area contributed by atoms with Crippen LogP contribution in [0.15, 0.2) is 76.9 Å². The van der Waals surface area contributed by atoms with E-state index in [1.807, 2.05) is 41.5 Å². The maximum atomic E-state index is 12.2. The third-order valence-electron chi connectivity index (χ3n) is 10.6. The smallest absolute Gasteiger partial charge is 0.164 e. The Morgan fingerprint density at radius 2 is 1.41 bits per heavy atom. The van der Waals surface area contributed by atoms with E-state index in [-0.39, 0.29) is 55.3 Å². The molecular formula is C44H58IrNO3-. The molecule has 0 aliphatic carbocycles. The van der Waals surface area contributed by atoms with Crippen molar-refractivity contribution in [3.05, 3.63) is 96.8 Å². The number of aliphatic hydroxyl groups excluding tert-OH is 1. The number of aliphatic hydroxyl groups is 1. The SMILES string of the molecule is CCC(C)(CC)C(=O)/C=C(\O)C(C)(CC)CC.CCc1cc2c(-c3cc(C(C)(C)C)c4ccccc4c3)nc3ccc(C)cc3c2o1.[CH3-].[Ir]. The van der Waals surface area contributed by atoms with Crippen molar-refractivity contribution in [1.82, 2.24) is 4.98 Å². The van der Waals surface area contributed by atoms with Gasteiger partial charge in [0.15, 0.2) is 5.78 Å². The van der Waals surface area contributed by atoms with Crippen LogP contribution in [0.1, 0.15) is 112 Å². The van der Waals surface area contributed by atoms with Crippen molar-refractivity contribution in [2.75, 3.05) is 0 Å². The topological polar surface area (TPSA) is 63.3 Å². The molecule has 5 rings (SSSR count). The first-order valence-corrected chi connectivity index (χ1v) is 17.5. The summed E-state index contributed by atoms with van der Waals surface area (Å²) in [5, 5.41) is 14.9. The molecule has 1 N–H and O–H groups in total. The third-order valence-corrected chi connectivity index (χ3v) is 10.6. The number of benzene rings is 3. The first-order chi connectivity index (χ1) is 22.1. The molecule has 1 radical (unpaired) electrons. The van der Waals surface area contributed by atoms with Gasteiger partial charge in [-0.3, -0.25) is 4.79 Å². The Bertz CT molecular complexity index is 1920. The summed E-state index contributed by atoms with van der Waals surface area (Å²) in [5.41, 5.74) is 6.06. The zero-order valence-electron chi connectivity index (χ0n) is 31.9. The van der Waals surface area contributed by atoms with Gasteiger partial charge < -0.3 is 17.0 Å². The van der Waals surface area contributed by atoms with E-state index in [1.165, 1.54) is 28.0 Å². The van der Waals surface area contributed by atoms with Crippen LogP contribution < -0.4 is 0 Å². The number of rotatable bonds is 9. The van der Waals surface area contributed by atoms with Crippen LogP contribution in [-0.2, 0) is 36.7 Å². The minimum atomic E-state index is -0.337. The standard InChI is InChI=1S/C28H27NO.C15H28O2.CH3.Ir/c1-6-20-16-23-26(29-25-12-11-17(2)13-22(25)27(23)30-20)19-14-18-9-7-8-10-21(18)24(15-19)28(3,4)5;1-7-14(5,8-2)12(16)11-13(17)15(6,9-3)10-4;;/h7-16H,6H2,1-5H3;11,16H,7-10H2,1-6H3;1H3;/q;;-1;/b;12-11-;;. The molecular weight excluding hydrogens is 783 g/mol. The third kappa shape index (κ3) is 8.73. The van der Waals surface area contributed by atoms with Crippen LogP contribution in [-0.4, -0.2) is 15.9 Å². The number of ketones is 1. The molecule has 0 saturated heterocycles. The average Bonchev–Trinajstić information content (AvgIpc) is 3.51. The van der Waals surface area contributed by atoms with E-state index in [1.54, 1.807) is 0 Å². The maximum Gasteiger partial charge on any atom is 0.164 e. The van der Waals surface area contributed by atoms with E-state index < -0.39 is 0 Å². The van der Waals surface area contributed by atoms with E-state index in [0.717, 1.165) is 71.0 Å². The summed E-state index contributed by atoms with van der Waals surface area (Å²) in [6, 6.07) is 21.8. The normalized spacial score (nSPS) is 12.3. The van der Waals surface area contributed by atoms with Gasteiger partial charge in [0.25, 0.3) is 0 Å². The number of pyridine rings is 1. The number of furan rings is 1. The van der Waals surface area contributed by atoms with Crippen molar-refractivity contribution in [3.8, 4) is 11.3 Å². The molecule has 0 amide bonds. The van der Waals surface area contributed by atoms with Crippen LogP contribution in [0.3, 0.4) is 0 Å². The van der Waals surface area contributed by atoms with Gasteiger partial charge in [-0.25, -0.2) is 4.98 Å². The summed E-state index contributed by atoms with van der Waals surface area (Å²) in [6.07, 6.45) is 5.62. The second kappa shape index (κ2) is 16.6. The fourth-order valence-electron chi connectivity index (χ4n) is 6.07. The summed E-state index contributed by atoms with van der Waals surface area (Å²) in [5.74, 6) is 1.28. The number of nitrogens with zero attached hydrogens (tertiary/aromatic N) is 1. The van der Waals surface area contributed by atoms with Crippen LogP contribution in [0.2, 0.25) is 0 Å². The second-order valence-corrected chi connectivity index (χ2v) is 14.7. The quantitative estimate of drug-likeness (QED) is 0.0912. The number of aryl methyl sites for hydroxylation is 2. The molecule has 0 atom stereocenters. The van der Waals surface area contributed by atoms with Crippen LogP contribution >= 0.6 is 0 Å². The van der Waals surface area contributed by atoms with E-state index in [9.17, 15) is 9.90 Å². The van der Waals surface area contributed by atoms with Gasteiger partial charge in [0, 0.05) is 59.8 Å². The van der Waals surface area contributed by atoms with Gasteiger partial charge in [-0.2, -0.15) is 0 Å². The zero-order valence-corrected chi connectivity index (χ0v) is 34.3. The molecule has 3 aromatic carbocycles. The summed E-state index contributed by atoms with van der Waals surface area (Å²) in [6.45, 7) is 23.2. The second-order valence-electron chi connectivity index (χ2n) is 14.7. The minimum absolute atomic E-state index is 0. The fourth-order valence-corrected chi connectivity index (χ4v) is 6.07. The number of fused-ring (bicyclic) bond motifs is 4. The van der Waals surface area contributed by atoms with E-state index >= 15 is 0 Å². The van der Waals surface area contributed by atoms with Crippen LogP contribution in [0.25, 0.3) is 43.9 Å². The number of hydrogen-bond acceptors (Lipinski definition) is 4. The molecule has 5 heteroatoms. The zero-order chi connectivity index (χ0) is 34.7. The minimum Gasteiger partial charge on any atom is -0.512 e. The molecule has 0 bridgehead atoms.